The van der Waals surface area contributed by atoms with Crippen LogP contribution in [0, 0.1) is 0 Å². The van der Waals surface area contributed by atoms with Crippen LogP contribution in [0.5, 0.6) is 0 Å². The third kappa shape index (κ3) is 3.64. The van der Waals surface area contributed by atoms with E-state index in [4.69, 9.17) is 16.3 Å². The molecule has 2 amide bonds. The molecule has 3 N–H and O–H groups in total. The van der Waals surface area contributed by atoms with Gasteiger partial charge in [0.2, 0.25) is 0 Å². The molecule has 0 aliphatic carbocycles. The third-order valence-electron chi connectivity index (χ3n) is 5.83. The fourth-order valence-corrected chi connectivity index (χ4v) is 4.72. The molecule has 1 aliphatic heterocycles. The summed E-state index contributed by atoms with van der Waals surface area (Å²) in [6.07, 6.45) is 2.76. The maximum absolute atomic E-state index is 13.0. The van der Waals surface area contributed by atoms with Crippen LogP contribution in [0.1, 0.15) is 18.1 Å². The lowest BCUT2D eigenvalue weighted by atomic mass is 9.95. The molecule has 0 spiro atoms. The van der Waals surface area contributed by atoms with Gasteiger partial charge in [0.05, 0.1) is 40.9 Å². The van der Waals surface area contributed by atoms with Gasteiger partial charge in [0.1, 0.15) is 0 Å². The number of carbonyl (C=O) groups excluding carboxylic acids is 2. The molecule has 2 aromatic carbocycles. The minimum absolute atomic E-state index is 0.179. The standard InChI is InChI=1S/C25H22ClN3O4/c1-2-33-13-14(30)11-29-12-18(16-7-5-8-19(26)23(16)29)22-21(24(31)28-25(22)32)17-10-27-20-9-4-3-6-15(17)20/h3-10,12,14,27,30H,2,11,13H2,1H3,(H,28,31,32). The number of fused-ring (bicyclic) bond motifs is 2. The number of imide groups is 1. The maximum Gasteiger partial charge on any atom is 0.259 e. The molecule has 4 aromatic rings. The summed E-state index contributed by atoms with van der Waals surface area (Å²) in [4.78, 5) is 29.1. The summed E-state index contributed by atoms with van der Waals surface area (Å²) in [7, 11) is 0. The highest BCUT2D eigenvalue weighted by Gasteiger charge is 2.35. The molecular weight excluding hydrogens is 442 g/mol. The number of H-pyrrole nitrogens is 1. The van der Waals surface area contributed by atoms with Crippen molar-refractivity contribution < 1.29 is 19.4 Å². The Morgan fingerprint density at radius 2 is 1.76 bits per heavy atom. The molecule has 5 rings (SSSR count). The first-order chi connectivity index (χ1) is 16.0. The fourth-order valence-electron chi connectivity index (χ4n) is 4.44. The number of hydrogen-bond donors (Lipinski definition) is 3. The number of aromatic amines is 1. The lowest BCUT2D eigenvalue weighted by Gasteiger charge is -2.13. The molecule has 1 atom stereocenters. The average molecular weight is 464 g/mol. The number of aliphatic hydroxyl groups is 1. The SMILES string of the molecule is CCOCC(O)Cn1cc(C2=C(c3c[nH]c4ccccc34)C(=O)NC2=O)c2cccc(Cl)c21. The van der Waals surface area contributed by atoms with Crippen LogP contribution in [0.3, 0.4) is 0 Å². The molecule has 8 heteroatoms. The number of para-hydroxylation sites is 2. The van der Waals surface area contributed by atoms with Crippen molar-refractivity contribution in [3.63, 3.8) is 0 Å². The van der Waals surface area contributed by atoms with E-state index >= 15 is 0 Å². The van der Waals surface area contributed by atoms with Crippen molar-refractivity contribution in [3.05, 3.63) is 71.0 Å². The molecule has 0 saturated carbocycles. The summed E-state index contributed by atoms with van der Waals surface area (Å²) in [5.41, 5.74) is 3.39. The van der Waals surface area contributed by atoms with Crippen molar-refractivity contribution in [2.75, 3.05) is 13.2 Å². The zero-order chi connectivity index (χ0) is 23.1. The normalized spacial score (nSPS) is 15.1. The summed E-state index contributed by atoms with van der Waals surface area (Å²) < 4.78 is 7.15. The highest BCUT2D eigenvalue weighted by atomic mass is 35.5. The average Bonchev–Trinajstić information content (AvgIpc) is 3.46. The number of ether oxygens (including phenoxy) is 1. The summed E-state index contributed by atoms with van der Waals surface area (Å²) in [5.74, 6) is -0.909. The molecule has 168 valence electrons. The Bertz CT molecular complexity index is 1430. The number of halogens is 1. The van der Waals surface area contributed by atoms with E-state index in [-0.39, 0.29) is 18.7 Å². The third-order valence-corrected chi connectivity index (χ3v) is 6.14. The van der Waals surface area contributed by atoms with Crippen LogP contribution in [0.15, 0.2) is 54.9 Å². The molecule has 0 radical (unpaired) electrons. The molecule has 1 aliphatic rings. The predicted octanol–water partition coefficient (Wildman–Crippen LogP) is 3.74. The number of amides is 2. The van der Waals surface area contributed by atoms with Gasteiger partial charge in [0.15, 0.2) is 0 Å². The minimum atomic E-state index is -0.759. The Morgan fingerprint density at radius 3 is 2.55 bits per heavy atom. The zero-order valence-electron chi connectivity index (χ0n) is 17.9. The van der Waals surface area contributed by atoms with E-state index in [1.807, 2.05) is 41.8 Å². The molecule has 33 heavy (non-hydrogen) atoms. The van der Waals surface area contributed by atoms with Crippen molar-refractivity contribution in [2.45, 2.75) is 19.6 Å². The number of carbonyl (C=O) groups is 2. The van der Waals surface area contributed by atoms with Crippen LogP contribution in [0.4, 0.5) is 0 Å². The number of nitrogens with one attached hydrogen (secondary N) is 2. The fraction of sp³-hybridized carbons (Fsp3) is 0.200. The number of aromatic nitrogens is 2. The Morgan fingerprint density at radius 1 is 1.03 bits per heavy atom. The molecule has 0 bridgehead atoms. The van der Waals surface area contributed by atoms with Crippen LogP contribution in [0.2, 0.25) is 5.02 Å². The van der Waals surface area contributed by atoms with Gasteiger partial charge in [-0.3, -0.25) is 14.9 Å². The van der Waals surface area contributed by atoms with E-state index in [1.165, 1.54) is 0 Å². The van der Waals surface area contributed by atoms with Crippen molar-refractivity contribution in [1.82, 2.24) is 14.9 Å². The van der Waals surface area contributed by atoms with E-state index in [0.717, 1.165) is 16.3 Å². The van der Waals surface area contributed by atoms with Gasteiger partial charge < -0.3 is 19.4 Å². The van der Waals surface area contributed by atoms with Gasteiger partial charge in [0.25, 0.3) is 11.8 Å². The van der Waals surface area contributed by atoms with Crippen molar-refractivity contribution in [2.24, 2.45) is 0 Å². The quantitative estimate of drug-likeness (QED) is 0.364. The topological polar surface area (TPSA) is 96.3 Å². The Kier molecular flexibility index (Phi) is 5.54. The van der Waals surface area contributed by atoms with Crippen molar-refractivity contribution >= 4 is 56.4 Å². The van der Waals surface area contributed by atoms with Crippen LogP contribution in [0.25, 0.3) is 33.0 Å². The lowest BCUT2D eigenvalue weighted by Crippen LogP contribution is -2.22. The second-order valence-corrected chi connectivity index (χ2v) is 8.33. The van der Waals surface area contributed by atoms with Gasteiger partial charge in [-0.15, -0.1) is 0 Å². The Balaban J connectivity index is 1.72. The second-order valence-electron chi connectivity index (χ2n) is 7.93. The predicted molar refractivity (Wildman–Crippen MR) is 128 cm³/mol. The Labute approximate surface area is 194 Å². The monoisotopic (exact) mass is 463 g/mol. The smallest absolute Gasteiger partial charge is 0.259 e. The van der Waals surface area contributed by atoms with E-state index in [9.17, 15) is 14.7 Å². The zero-order valence-corrected chi connectivity index (χ0v) is 18.6. The first-order valence-corrected chi connectivity index (χ1v) is 11.1. The number of benzene rings is 2. The molecular formula is C25H22ClN3O4. The highest BCUT2D eigenvalue weighted by molar-refractivity contribution is 6.51. The molecule has 1 unspecified atom stereocenters. The van der Waals surface area contributed by atoms with E-state index in [0.29, 0.717) is 33.8 Å². The number of rotatable bonds is 7. The van der Waals surface area contributed by atoms with Gasteiger partial charge in [-0.2, -0.15) is 0 Å². The maximum atomic E-state index is 13.0. The minimum Gasteiger partial charge on any atom is -0.389 e. The van der Waals surface area contributed by atoms with Gasteiger partial charge in [0, 0.05) is 46.4 Å². The summed E-state index contributed by atoms with van der Waals surface area (Å²) in [6, 6.07) is 13.0. The summed E-state index contributed by atoms with van der Waals surface area (Å²) in [6.45, 7) is 2.77. The summed E-state index contributed by atoms with van der Waals surface area (Å²) in [5, 5.41) is 14.9. The van der Waals surface area contributed by atoms with E-state index < -0.39 is 17.9 Å². The van der Waals surface area contributed by atoms with Crippen LogP contribution in [-0.4, -0.2) is 45.8 Å². The van der Waals surface area contributed by atoms with Crippen LogP contribution in [-0.2, 0) is 20.9 Å². The molecule has 0 fully saturated rings. The number of hydrogen-bond acceptors (Lipinski definition) is 4. The van der Waals surface area contributed by atoms with Gasteiger partial charge >= 0.3 is 0 Å². The van der Waals surface area contributed by atoms with Crippen molar-refractivity contribution in [1.29, 1.82) is 0 Å². The Hall–Kier alpha value is -3.39. The first-order valence-electron chi connectivity index (χ1n) is 10.7. The van der Waals surface area contributed by atoms with Crippen LogP contribution >= 0.6 is 11.6 Å². The van der Waals surface area contributed by atoms with Gasteiger partial charge in [-0.05, 0) is 19.1 Å². The van der Waals surface area contributed by atoms with E-state index in [2.05, 4.69) is 10.3 Å². The largest absolute Gasteiger partial charge is 0.389 e. The van der Waals surface area contributed by atoms with Gasteiger partial charge in [-0.25, -0.2) is 0 Å². The summed E-state index contributed by atoms with van der Waals surface area (Å²) >= 11 is 6.53. The van der Waals surface area contributed by atoms with Gasteiger partial charge in [-0.1, -0.05) is 41.9 Å². The molecule has 7 nitrogen and oxygen atoms in total. The number of nitrogens with zero attached hydrogens (tertiary/aromatic N) is 1. The van der Waals surface area contributed by atoms with Crippen molar-refractivity contribution in [3.8, 4) is 0 Å². The first kappa shape index (κ1) is 21.5. The highest BCUT2D eigenvalue weighted by Crippen LogP contribution is 2.39. The van der Waals surface area contributed by atoms with Crippen LogP contribution < -0.4 is 5.32 Å². The second kappa shape index (κ2) is 8.51. The lowest BCUT2D eigenvalue weighted by molar-refractivity contribution is -0.122. The molecule has 3 heterocycles. The molecule has 2 aromatic heterocycles. The molecule has 0 saturated heterocycles. The number of aliphatic hydroxyl groups excluding tert-OH is 1. The van der Waals surface area contributed by atoms with E-state index in [1.54, 1.807) is 24.5 Å².